The van der Waals surface area contributed by atoms with E-state index in [1.807, 2.05) is 24.3 Å². The van der Waals surface area contributed by atoms with Crippen LogP contribution in [-0.2, 0) is 16.6 Å². The number of hydrogen-bond donors (Lipinski definition) is 1. The first-order chi connectivity index (χ1) is 9.95. The van der Waals surface area contributed by atoms with Gasteiger partial charge < -0.3 is 5.32 Å². The van der Waals surface area contributed by atoms with Gasteiger partial charge in [0.05, 0.1) is 6.04 Å². The van der Waals surface area contributed by atoms with E-state index >= 15 is 0 Å². The molecule has 2 rings (SSSR count). The summed E-state index contributed by atoms with van der Waals surface area (Å²) in [5.41, 5.74) is 2.17. The zero-order chi connectivity index (χ0) is 15.4. The maximum Gasteiger partial charge on any atom is 0.131 e. The Bertz CT molecular complexity index is 660. The molecule has 0 spiro atoms. The van der Waals surface area contributed by atoms with E-state index in [9.17, 15) is 13.0 Å². The van der Waals surface area contributed by atoms with E-state index in [2.05, 4.69) is 5.32 Å². The van der Waals surface area contributed by atoms with Gasteiger partial charge in [0.1, 0.15) is 11.6 Å². The van der Waals surface area contributed by atoms with Crippen molar-refractivity contribution < 1.29 is 13.0 Å². The summed E-state index contributed by atoms with van der Waals surface area (Å²) in [6, 6.07) is 10.8. The molecule has 0 saturated heterocycles. The van der Waals surface area contributed by atoms with E-state index in [1.165, 1.54) is 12.1 Å². The molecule has 21 heavy (non-hydrogen) atoms. The number of halogens is 2. The third kappa shape index (κ3) is 4.36. The summed E-state index contributed by atoms with van der Waals surface area (Å²) in [5.74, 6) is -0.675. The van der Waals surface area contributed by atoms with Gasteiger partial charge >= 0.3 is 0 Å². The topological polar surface area (TPSA) is 29.1 Å². The van der Waals surface area contributed by atoms with E-state index in [1.54, 1.807) is 13.2 Å². The molecule has 112 valence electrons. The summed E-state index contributed by atoms with van der Waals surface area (Å²) < 4.78 is 37.9. The van der Waals surface area contributed by atoms with E-state index in [0.29, 0.717) is 11.3 Å². The molecule has 0 aliphatic carbocycles. The fourth-order valence-corrected chi connectivity index (χ4v) is 2.82. The normalized spacial score (nSPS) is 13.7. The Morgan fingerprint density at radius 2 is 1.95 bits per heavy atom. The van der Waals surface area contributed by atoms with Crippen LogP contribution in [0.15, 0.2) is 42.5 Å². The van der Waals surface area contributed by atoms with Crippen molar-refractivity contribution in [3.8, 4) is 0 Å². The van der Waals surface area contributed by atoms with E-state index in [0.717, 1.165) is 17.3 Å². The fourth-order valence-electron chi connectivity index (χ4n) is 2.17. The second-order valence-electron chi connectivity index (χ2n) is 4.95. The molecule has 0 saturated carbocycles. The molecule has 2 aromatic rings. The molecule has 1 N–H and O–H groups in total. The van der Waals surface area contributed by atoms with Crippen LogP contribution in [0.25, 0.3) is 0 Å². The minimum atomic E-state index is -0.909. The lowest BCUT2D eigenvalue weighted by atomic mass is 10.1. The van der Waals surface area contributed by atoms with Crippen molar-refractivity contribution in [2.75, 3.05) is 11.6 Å². The number of rotatable bonds is 5. The van der Waals surface area contributed by atoms with Crippen molar-refractivity contribution in [3.63, 3.8) is 0 Å². The molecule has 2 unspecified atom stereocenters. The molecule has 2 aromatic carbocycles. The smallest absolute Gasteiger partial charge is 0.131 e. The Balaban J connectivity index is 2.15. The Morgan fingerprint density at radius 3 is 2.62 bits per heavy atom. The lowest BCUT2D eigenvalue weighted by molar-refractivity contribution is 0.566. The number of hydrogen-bond acceptors (Lipinski definition) is 2. The van der Waals surface area contributed by atoms with Gasteiger partial charge in [-0.1, -0.05) is 18.2 Å². The molecule has 0 heterocycles. The van der Waals surface area contributed by atoms with E-state index in [-0.39, 0.29) is 6.04 Å². The summed E-state index contributed by atoms with van der Waals surface area (Å²) in [6.07, 6.45) is 1.65. The molecule has 5 heteroatoms. The molecule has 2 nitrogen and oxygen atoms in total. The van der Waals surface area contributed by atoms with Crippen molar-refractivity contribution in [1.82, 2.24) is 0 Å². The van der Waals surface area contributed by atoms with Crippen molar-refractivity contribution in [3.05, 3.63) is 65.2 Å². The zero-order valence-electron chi connectivity index (χ0n) is 11.9. The van der Waals surface area contributed by atoms with Gasteiger partial charge in [-0.15, -0.1) is 0 Å². The first kappa shape index (κ1) is 15.6. The van der Waals surface area contributed by atoms with Crippen LogP contribution in [-0.4, -0.2) is 10.5 Å². The highest BCUT2D eigenvalue weighted by molar-refractivity contribution is 7.83. The molecule has 0 aliphatic heterocycles. The molecule has 0 aliphatic rings. The van der Waals surface area contributed by atoms with Gasteiger partial charge in [0.2, 0.25) is 0 Å². The van der Waals surface area contributed by atoms with Crippen LogP contribution in [0.2, 0.25) is 0 Å². The predicted molar refractivity (Wildman–Crippen MR) is 82.6 cm³/mol. The molecule has 2 atom stereocenters. The van der Waals surface area contributed by atoms with Crippen molar-refractivity contribution in [2.45, 2.75) is 18.7 Å². The van der Waals surface area contributed by atoms with Crippen molar-refractivity contribution >= 4 is 16.5 Å². The van der Waals surface area contributed by atoms with Crippen LogP contribution in [0.3, 0.4) is 0 Å². The van der Waals surface area contributed by atoms with Gasteiger partial charge in [-0.05, 0) is 30.7 Å². The average Bonchev–Trinajstić information content (AvgIpc) is 2.37. The minimum absolute atomic E-state index is 0.298. The van der Waals surface area contributed by atoms with Gasteiger partial charge in [0, 0.05) is 40.1 Å². The number of anilines is 1. The molecular formula is C16H17F2NOS. The van der Waals surface area contributed by atoms with Crippen LogP contribution in [0, 0.1) is 11.6 Å². The van der Waals surface area contributed by atoms with Crippen LogP contribution in [0.4, 0.5) is 14.5 Å². The number of nitrogens with one attached hydrogen (secondary N) is 1. The molecular weight excluding hydrogens is 292 g/mol. The lowest BCUT2D eigenvalue weighted by Crippen LogP contribution is -2.09. The lowest BCUT2D eigenvalue weighted by Gasteiger charge is -2.17. The molecule has 0 fully saturated rings. The van der Waals surface area contributed by atoms with Crippen LogP contribution < -0.4 is 5.32 Å². The van der Waals surface area contributed by atoms with Gasteiger partial charge in [-0.2, -0.15) is 0 Å². The first-order valence-electron chi connectivity index (χ1n) is 6.56. The van der Waals surface area contributed by atoms with Gasteiger partial charge in [0.25, 0.3) is 0 Å². The Morgan fingerprint density at radius 1 is 1.19 bits per heavy atom. The average molecular weight is 309 g/mol. The molecule has 0 amide bonds. The molecule has 0 aromatic heterocycles. The van der Waals surface area contributed by atoms with Crippen molar-refractivity contribution in [1.29, 1.82) is 0 Å². The van der Waals surface area contributed by atoms with Crippen LogP contribution >= 0.6 is 0 Å². The zero-order valence-corrected chi connectivity index (χ0v) is 12.7. The standard InChI is InChI=1S/C16H17F2NOS/c1-11(15-7-6-13(17)9-16(15)18)19-14-5-3-4-12(8-14)10-21(2)20/h3-9,11,19H,10H2,1-2H3. The van der Waals surface area contributed by atoms with Gasteiger partial charge in [-0.25, -0.2) is 8.78 Å². The highest BCUT2D eigenvalue weighted by atomic mass is 32.2. The fraction of sp³-hybridized carbons (Fsp3) is 0.250. The maximum atomic E-state index is 13.7. The second kappa shape index (κ2) is 6.80. The monoisotopic (exact) mass is 309 g/mol. The Kier molecular flexibility index (Phi) is 5.07. The predicted octanol–water partition coefficient (Wildman–Crippen LogP) is 4.02. The van der Waals surface area contributed by atoms with E-state index < -0.39 is 22.4 Å². The summed E-state index contributed by atoms with van der Waals surface area (Å²) in [7, 11) is -0.909. The highest BCUT2D eigenvalue weighted by Gasteiger charge is 2.11. The van der Waals surface area contributed by atoms with Gasteiger partial charge in [0.15, 0.2) is 0 Å². The van der Waals surface area contributed by atoms with Gasteiger partial charge in [-0.3, -0.25) is 4.21 Å². The Labute approximate surface area is 125 Å². The van der Waals surface area contributed by atoms with Crippen LogP contribution in [0.5, 0.6) is 0 Å². The summed E-state index contributed by atoms with van der Waals surface area (Å²) >= 11 is 0. The summed E-state index contributed by atoms with van der Waals surface area (Å²) in [5, 5.41) is 3.17. The largest absolute Gasteiger partial charge is 0.378 e. The third-order valence-electron chi connectivity index (χ3n) is 3.11. The molecule has 0 bridgehead atoms. The summed E-state index contributed by atoms with van der Waals surface area (Å²) in [4.78, 5) is 0. The van der Waals surface area contributed by atoms with E-state index in [4.69, 9.17) is 0 Å². The maximum absolute atomic E-state index is 13.7. The molecule has 0 radical (unpaired) electrons. The van der Waals surface area contributed by atoms with Crippen molar-refractivity contribution in [2.24, 2.45) is 0 Å². The minimum Gasteiger partial charge on any atom is -0.378 e. The first-order valence-corrected chi connectivity index (χ1v) is 8.29. The quantitative estimate of drug-likeness (QED) is 0.904. The number of benzene rings is 2. The Hall–Kier alpha value is -1.75. The summed E-state index contributed by atoms with van der Waals surface area (Å²) in [6.45, 7) is 1.81. The third-order valence-corrected chi connectivity index (χ3v) is 3.85. The second-order valence-corrected chi connectivity index (χ2v) is 6.38. The highest BCUT2D eigenvalue weighted by Crippen LogP contribution is 2.23. The van der Waals surface area contributed by atoms with Crippen LogP contribution in [0.1, 0.15) is 24.1 Å². The SMILES string of the molecule is CC(Nc1cccc(CS(C)=O)c1)c1ccc(F)cc1F.